The van der Waals surface area contributed by atoms with Gasteiger partial charge >= 0.3 is 0 Å². The third-order valence-electron chi connectivity index (χ3n) is 4.88. The van der Waals surface area contributed by atoms with Crippen molar-refractivity contribution in [1.82, 2.24) is 5.43 Å². The van der Waals surface area contributed by atoms with E-state index in [1.807, 2.05) is 24.3 Å². The van der Waals surface area contributed by atoms with Crippen LogP contribution >= 0.6 is 22.6 Å². The Morgan fingerprint density at radius 2 is 1.62 bits per heavy atom. The van der Waals surface area contributed by atoms with E-state index >= 15 is 0 Å². The Morgan fingerprint density at radius 3 is 2.24 bits per heavy atom. The zero-order valence-corrected chi connectivity index (χ0v) is 21.8. The lowest BCUT2D eigenvalue weighted by Gasteiger charge is -2.24. The van der Waals surface area contributed by atoms with Gasteiger partial charge in [-0.3, -0.25) is 9.10 Å². The molecule has 0 aromatic heterocycles. The second-order valence-electron chi connectivity index (χ2n) is 7.10. The standard InChI is InChI=1S/C24H24IN3O5S/c1-17(18-9-11-19(25)12-10-18)26-27-24(29)16-28(34(30,31)21-7-5-4-6-8-21)20-13-14-22(32-2)23(15-20)33-3/h4-15H,16H2,1-3H3,(H,27,29)/b26-17-. The number of halogens is 1. The molecule has 1 amide bonds. The number of carbonyl (C=O) groups excluding carboxylic acids is 1. The quantitative estimate of drug-likeness (QED) is 0.230. The Balaban J connectivity index is 1.92. The van der Waals surface area contributed by atoms with Crippen molar-refractivity contribution < 1.29 is 22.7 Å². The molecule has 3 aromatic carbocycles. The second kappa shape index (κ2) is 11.3. The first-order valence-corrected chi connectivity index (χ1v) is 12.7. The monoisotopic (exact) mass is 593 g/mol. The summed E-state index contributed by atoms with van der Waals surface area (Å²) in [6, 6.07) is 20.2. The van der Waals surface area contributed by atoms with E-state index in [0.29, 0.717) is 17.2 Å². The van der Waals surface area contributed by atoms with Crippen LogP contribution in [0.25, 0.3) is 0 Å². The molecule has 10 heteroatoms. The SMILES string of the molecule is COc1ccc(N(CC(=O)N/N=C(/C)c2ccc(I)cc2)S(=O)(=O)c2ccccc2)cc1OC. The van der Waals surface area contributed by atoms with Crippen LogP contribution in [-0.2, 0) is 14.8 Å². The number of anilines is 1. The summed E-state index contributed by atoms with van der Waals surface area (Å²) in [6.07, 6.45) is 0. The third kappa shape index (κ3) is 6.06. The summed E-state index contributed by atoms with van der Waals surface area (Å²) in [5.74, 6) is 0.172. The number of hydrogen-bond donors (Lipinski definition) is 1. The number of amides is 1. The molecule has 0 heterocycles. The fourth-order valence-corrected chi connectivity index (χ4v) is 4.88. The smallest absolute Gasteiger partial charge is 0.264 e. The normalized spacial score (nSPS) is 11.6. The van der Waals surface area contributed by atoms with Crippen LogP contribution in [0.5, 0.6) is 11.5 Å². The molecule has 0 saturated heterocycles. The number of methoxy groups -OCH3 is 2. The molecule has 1 N–H and O–H groups in total. The maximum Gasteiger partial charge on any atom is 0.264 e. The largest absolute Gasteiger partial charge is 0.493 e. The molecular weight excluding hydrogens is 569 g/mol. The average molecular weight is 593 g/mol. The van der Waals surface area contributed by atoms with Crippen LogP contribution in [0.1, 0.15) is 12.5 Å². The van der Waals surface area contributed by atoms with Gasteiger partial charge in [-0.25, -0.2) is 13.8 Å². The first-order chi connectivity index (χ1) is 16.3. The molecule has 178 valence electrons. The Labute approximate surface area is 212 Å². The number of sulfonamides is 1. The lowest BCUT2D eigenvalue weighted by molar-refractivity contribution is -0.119. The Morgan fingerprint density at radius 1 is 0.971 bits per heavy atom. The van der Waals surface area contributed by atoms with Crippen molar-refractivity contribution in [3.05, 3.63) is 81.9 Å². The maximum absolute atomic E-state index is 13.5. The Hall–Kier alpha value is -3.12. The van der Waals surface area contributed by atoms with Crippen molar-refractivity contribution >= 4 is 49.9 Å². The van der Waals surface area contributed by atoms with Gasteiger partial charge in [0, 0.05) is 9.64 Å². The van der Waals surface area contributed by atoms with Crippen LogP contribution in [-0.4, -0.2) is 40.8 Å². The molecular formula is C24H24IN3O5S. The molecule has 0 unspecified atom stereocenters. The first-order valence-electron chi connectivity index (χ1n) is 10.1. The first kappa shape index (κ1) is 25.5. The highest BCUT2D eigenvalue weighted by molar-refractivity contribution is 14.1. The topological polar surface area (TPSA) is 97.3 Å². The van der Waals surface area contributed by atoms with E-state index in [4.69, 9.17) is 9.47 Å². The van der Waals surface area contributed by atoms with E-state index < -0.39 is 22.5 Å². The number of rotatable bonds is 9. The average Bonchev–Trinajstić information content (AvgIpc) is 2.86. The second-order valence-corrected chi connectivity index (χ2v) is 10.2. The maximum atomic E-state index is 13.5. The van der Waals surface area contributed by atoms with Crippen molar-refractivity contribution in [3.63, 3.8) is 0 Å². The number of benzene rings is 3. The van der Waals surface area contributed by atoms with Crippen molar-refractivity contribution in [2.24, 2.45) is 5.10 Å². The van der Waals surface area contributed by atoms with Gasteiger partial charge in [0.05, 0.1) is 30.5 Å². The number of hydrogen-bond acceptors (Lipinski definition) is 6. The fourth-order valence-electron chi connectivity index (χ4n) is 3.08. The third-order valence-corrected chi connectivity index (χ3v) is 7.39. The van der Waals surface area contributed by atoms with Gasteiger partial charge in [0.2, 0.25) is 0 Å². The molecule has 0 radical (unpaired) electrons. The van der Waals surface area contributed by atoms with Crippen LogP contribution in [0, 0.1) is 3.57 Å². The molecule has 0 aliphatic heterocycles. The van der Waals surface area contributed by atoms with Crippen LogP contribution in [0.4, 0.5) is 5.69 Å². The van der Waals surface area contributed by atoms with Crippen LogP contribution in [0.15, 0.2) is 82.8 Å². The van der Waals surface area contributed by atoms with Gasteiger partial charge in [-0.2, -0.15) is 5.10 Å². The van der Waals surface area contributed by atoms with E-state index in [2.05, 4.69) is 33.1 Å². The van der Waals surface area contributed by atoms with Gasteiger partial charge in [-0.1, -0.05) is 30.3 Å². The fraction of sp³-hybridized carbons (Fsp3) is 0.167. The molecule has 0 fully saturated rings. The number of ether oxygens (including phenoxy) is 2. The molecule has 0 atom stereocenters. The number of hydrazone groups is 1. The zero-order chi connectivity index (χ0) is 24.7. The van der Waals surface area contributed by atoms with Gasteiger partial charge in [0.25, 0.3) is 15.9 Å². The minimum Gasteiger partial charge on any atom is -0.493 e. The molecule has 3 aromatic rings. The summed E-state index contributed by atoms with van der Waals surface area (Å²) < 4.78 is 39.6. The van der Waals surface area contributed by atoms with Gasteiger partial charge in [-0.05, 0) is 71.5 Å². The Bertz CT molecular complexity index is 1280. The van der Waals surface area contributed by atoms with Gasteiger partial charge in [0.1, 0.15) is 6.54 Å². The predicted octanol–water partition coefficient (Wildman–Crippen LogP) is 4.04. The molecule has 34 heavy (non-hydrogen) atoms. The van der Waals surface area contributed by atoms with Crippen LogP contribution < -0.4 is 19.2 Å². The van der Waals surface area contributed by atoms with Gasteiger partial charge < -0.3 is 9.47 Å². The summed E-state index contributed by atoms with van der Waals surface area (Å²) >= 11 is 2.20. The Kier molecular flexibility index (Phi) is 8.51. The van der Waals surface area contributed by atoms with E-state index in [1.54, 1.807) is 37.3 Å². The van der Waals surface area contributed by atoms with Crippen molar-refractivity contribution in [1.29, 1.82) is 0 Å². The van der Waals surface area contributed by atoms with Crippen molar-refractivity contribution in [2.75, 3.05) is 25.1 Å². The molecule has 3 rings (SSSR count). The van der Waals surface area contributed by atoms with E-state index in [9.17, 15) is 13.2 Å². The molecule has 0 bridgehead atoms. The highest BCUT2D eigenvalue weighted by Gasteiger charge is 2.28. The molecule has 0 aliphatic carbocycles. The predicted molar refractivity (Wildman–Crippen MR) is 140 cm³/mol. The molecule has 0 saturated carbocycles. The van der Waals surface area contributed by atoms with Crippen LogP contribution in [0.3, 0.4) is 0 Å². The van der Waals surface area contributed by atoms with Gasteiger partial charge in [-0.15, -0.1) is 0 Å². The van der Waals surface area contributed by atoms with Crippen molar-refractivity contribution in [3.8, 4) is 11.5 Å². The van der Waals surface area contributed by atoms with Crippen molar-refractivity contribution in [2.45, 2.75) is 11.8 Å². The minimum absolute atomic E-state index is 0.0520. The van der Waals surface area contributed by atoms with E-state index in [-0.39, 0.29) is 10.6 Å². The van der Waals surface area contributed by atoms with E-state index in [0.717, 1.165) is 13.4 Å². The summed E-state index contributed by atoms with van der Waals surface area (Å²) in [5.41, 5.74) is 4.13. The molecule has 0 spiro atoms. The summed E-state index contributed by atoms with van der Waals surface area (Å²) in [4.78, 5) is 12.8. The van der Waals surface area contributed by atoms with Gasteiger partial charge in [0.15, 0.2) is 11.5 Å². The summed E-state index contributed by atoms with van der Waals surface area (Å²) in [6.45, 7) is 1.27. The molecule has 8 nitrogen and oxygen atoms in total. The highest BCUT2D eigenvalue weighted by Crippen LogP contribution is 2.33. The number of nitrogens with one attached hydrogen (secondary N) is 1. The minimum atomic E-state index is -4.06. The molecule has 0 aliphatic rings. The number of nitrogens with zero attached hydrogens (tertiary/aromatic N) is 2. The van der Waals surface area contributed by atoms with Crippen LogP contribution in [0.2, 0.25) is 0 Å². The highest BCUT2D eigenvalue weighted by atomic mass is 127. The lowest BCUT2D eigenvalue weighted by atomic mass is 10.1. The zero-order valence-electron chi connectivity index (χ0n) is 18.9. The lowest BCUT2D eigenvalue weighted by Crippen LogP contribution is -2.39. The number of carbonyl (C=O) groups is 1. The summed E-state index contributed by atoms with van der Waals surface area (Å²) in [7, 11) is -1.13. The van der Waals surface area contributed by atoms with E-state index in [1.165, 1.54) is 32.4 Å². The summed E-state index contributed by atoms with van der Waals surface area (Å²) in [5, 5.41) is 4.14.